The van der Waals surface area contributed by atoms with Gasteiger partial charge in [-0.3, -0.25) is 9.62 Å². The minimum atomic E-state index is -3.03. The Morgan fingerprint density at radius 1 is 1.13 bits per heavy atom. The largest absolute Gasteiger partial charge is 0.324 e. The van der Waals surface area contributed by atoms with Crippen molar-refractivity contribution in [3.05, 3.63) is 53.6 Å². The van der Waals surface area contributed by atoms with E-state index in [4.69, 9.17) is 0 Å². The number of rotatable bonds is 3. The van der Waals surface area contributed by atoms with Gasteiger partial charge in [0, 0.05) is 31.1 Å². The average Bonchev–Trinajstić information content (AvgIpc) is 3.08. The van der Waals surface area contributed by atoms with Crippen LogP contribution in [0.5, 0.6) is 0 Å². The molecule has 0 saturated carbocycles. The van der Waals surface area contributed by atoms with E-state index in [0.717, 1.165) is 22.6 Å². The molecule has 2 heterocycles. The first kappa shape index (κ1) is 22.0. The van der Waals surface area contributed by atoms with E-state index in [9.17, 15) is 22.4 Å². The zero-order valence-electron chi connectivity index (χ0n) is 17.0. The second kappa shape index (κ2) is 8.70. The van der Waals surface area contributed by atoms with Gasteiger partial charge < -0.3 is 4.90 Å². The molecular formula is C22H23F4N3OS. The van der Waals surface area contributed by atoms with Gasteiger partial charge in [0.15, 0.2) is 0 Å². The Morgan fingerprint density at radius 3 is 2.55 bits per heavy atom. The van der Waals surface area contributed by atoms with Gasteiger partial charge in [-0.25, -0.2) is 22.4 Å². The average molecular weight is 454 g/mol. The van der Waals surface area contributed by atoms with Gasteiger partial charge in [-0.15, -0.1) is 0 Å². The number of anilines is 1. The van der Waals surface area contributed by atoms with Gasteiger partial charge in [0.1, 0.15) is 11.6 Å². The van der Waals surface area contributed by atoms with E-state index in [0.29, 0.717) is 18.5 Å². The molecular weight excluding hydrogens is 430 g/mol. The fourth-order valence-corrected chi connectivity index (χ4v) is 4.94. The monoisotopic (exact) mass is 453 g/mol. The van der Waals surface area contributed by atoms with Crippen LogP contribution in [0.15, 0.2) is 36.4 Å². The number of nitrogens with zero attached hydrogens (tertiary/aromatic N) is 2. The molecule has 0 unspecified atom stereocenters. The molecule has 1 N–H and O–H groups in total. The standard InChI is InChI=1S/C22H23F4N3OS/c1-31-27-15-9-10-28(13-22(25,26)12-15)21(30)29-11-8-14-4-2-5-16(20(14)29)19-17(23)6-3-7-18(19)24/h2-7,15,27H,8-13H2,1H3/t15-/m1/s1. The third-order valence-corrected chi connectivity index (χ3v) is 6.30. The van der Waals surface area contributed by atoms with Crippen LogP contribution in [0.1, 0.15) is 18.4 Å². The molecule has 0 spiro atoms. The highest BCUT2D eigenvalue weighted by atomic mass is 32.2. The first-order valence-corrected chi connectivity index (χ1v) is 11.3. The summed E-state index contributed by atoms with van der Waals surface area (Å²) in [6.07, 6.45) is 2.31. The lowest BCUT2D eigenvalue weighted by molar-refractivity contribution is -0.0246. The van der Waals surface area contributed by atoms with Crippen molar-refractivity contribution in [2.75, 3.05) is 30.8 Å². The molecule has 4 nitrogen and oxygen atoms in total. The van der Waals surface area contributed by atoms with Crippen molar-refractivity contribution in [2.45, 2.75) is 31.2 Å². The molecule has 2 aromatic rings. The second-order valence-electron chi connectivity index (χ2n) is 7.88. The Bertz CT molecular complexity index is 967. The molecule has 0 radical (unpaired) electrons. The molecule has 0 aliphatic carbocycles. The number of halogens is 4. The number of para-hydroxylation sites is 1. The van der Waals surface area contributed by atoms with Crippen molar-refractivity contribution in [2.24, 2.45) is 0 Å². The molecule has 2 aromatic carbocycles. The van der Waals surface area contributed by atoms with Gasteiger partial charge in [0.05, 0.1) is 17.8 Å². The van der Waals surface area contributed by atoms with Crippen molar-refractivity contribution < 1.29 is 22.4 Å². The van der Waals surface area contributed by atoms with E-state index in [-0.39, 0.29) is 30.6 Å². The zero-order valence-corrected chi connectivity index (χ0v) is 17.8. The van der Waals surface area contributed by atoms with Crippen molar-refractivity contribution in [3.8, 4) is 11.1 Å². The van der Waals surface area contributed by atoms with Crippen molar-refractivity contribution in [1.82, 2.24) is 9.62 Å². The lowest BCUT2D eigenvalue weighted by atomic mass is 9.99. The Kier molecular flexibility index (Phi) is 6.16. The first-order valence-electron chi connectivity index (χ1n) is 10.1. The molecule has 1 saturated heterocycles. The Labute approximate surface area is 182 Å². The van der Waals surface area contributed by atoms with Crippen LogP contribution in [-0.4, -0.2) is 48.8 Å². The van der Waals surface area contributed by atoms with Gasteiger partial charge in [-0.05, 0) is 36.8 Å². The normalized spacial score (nSPS) is 20.5. The van der Waals surface area contributed by atoms with Crippen LogP contribution in [0.25, 0.3) is 11.1 Å². The van der Waals surface area contributed by atoms with Crippen molar-refractivity contribution >= 4 is 23.7 Å². The number of urea groups is 1. The summed E-state index contributed by atoms with van der Waals surface area (Å²) < 4.78 is 61.0. The number of carbonyl (C=O) groups is 1. The predicted octanol–water partition coefficient (Wildman–Crippen LogP) is 5.08. The number of hydrogen-bond acceptors (Lipinski definition) is 3. The molecule has 166 valence electrons. The zero-order chi connectivity index (χ0) is 22.2. The summed E-state index contributed by atoms with van der Waals surface area (Å²) in [5, 5.41) is 0. The molecule has 4 rings (SSSR count). The van der Waals surface area contributed by atoms with Crippen LogP contribution in [0.4, 0.5) is 28.0 Å². The Hall–Kier alpha value is -2.26. The SMILES string of the molecule is CSN[C@@H]1CCN(C(=O)N2CCc3cccc(-c4c(F)cccc4F)c32)CC(F)(F)C1. The van der Waals surface area contributed by atoms with Crippen LogP contribution in [0.2, 0.25) is 0 Å². The van der Waals surface area contributed by atoms with Crippen LogP contribution in [0.3, 0.4) is 0 Å². The number of benzene rings is 2. The van der Waals surface area contributed by atoms with Gasteiger partial charge in [-0.1, -0.05) is 36.2 Å². The quantitative estimate of drug-likeness (QED) is 0.520. The molecule has 9 heteroatoms. The number of fused-ring (bicyclic) bond motifs is 1. The topological polar surface area (TPSA) is 35.6 Å². The summed E-state index contributed by atoms with van der Waals surface area (Å²) in [6.45, 7) is -0.231. The van der Waals surface area contributed by atoms with Crippen LogP contribution in [-0.2, 0) is 6.42 Å². The minimum absolute atomic E-state index is 0.175. The van der Waals surface area contributed by atoms with E-state index >= 15 is 0 Å². The summed E-state index contributed by atoms with van der Waals surface area (Å²) >= 11 is 1.28. The first-order chi connectivity index (χ1) is 14.8. The fraction of sp³-hybridized carbons (Fsp3) is 0.409. The van der Waals surface area contributed by atoms with Gasteiger partial charge >= 0.3 is 6.03 Å². The molecule has 0 bridgehead atoms. The van der Waals surface area contributed by atoms with E-state index in [1.54, 1.807) is 24.5 Å². The summed E-state index contributed by atoms with van der Waals surface area (Å²) in [6, 6.07) is 7.66. The van der Waals surface area contributed by atoms with Crippen LogP contribution < -0.4 is 9.62 Å². The van der Waals surface area contributed by atoms with Crippen molar-refractivity contribution in [1.29, 1.82) is 0 Å². The van der Waals surface area contributed by atoms with E-state index in [2.05, 4.69) is 4.72 Å². The maximum Gasteiger partial charge on any atom is 0.324 e. The molecule has 2 aliphatic heterocycles. The van der Waals surface area contributed by atoms with E-state index in [1.165, 1.54) is 22.9 Å². The van der Waals surface area contributed by atoms with E-state index in [1.807, 2.05) is 0 Å². The maximum absolute atomic E-state index is 14.5. The number of hydrogen-bond donors (Lipinski definition) is 1. The highest BCUT2D eigenvalue weighted by Gasteiger charge is 2.41. The third-order valence-electron chi connectivity index (χ3n) is 5.73. The summed E-state index contributed by atoms with van der Waals surface area (Å²) in [5.41, 5.74) is 1.19. The number of carbonyl (C=O) groups excluding carboxylic acids is 1. The molecule has 2 amide bonds. The molecule has 31 heavy (non-hydrogen) atoms. The Balaban J connectivity index is 1.68. The summed E-state index contributed by atoms with van der Waals surface area (Å²) in [7, 11) is 0. The van der Waals surface area contributed by atoms with E-state index < -0.39 is 36.2 Å². The number of nitrogens with one attached hydrogen (secondary N) is 1. The molecule has 2 aliphatic rings. The fourth-order valence-electron chi connectivity index (χ4n) is 4.40. The number of amides is 2. The highest BCUT2D eigenvalue weighted by Crippen LogP contribution is 2.41. The smallest absolute Gasteiger partial charge is 0.318 e. The summed E-state index contributed by atoms with van der Waals surface area (Å²) in [4.78, 5) is 15.9. The van der Waals surface area contributed by atoms with Crippen LogP contribution in [0, 0.1) is 11.6 Å². The van der Waals surface area contributed by atoms with Crippen molar-refractivity contribution in [3.63, 3.8) is 0 Å². The Morgan fingerprint density at radius 2 is 1.84 bits per heavy atom. The second-order valence-corrected chi connectivity index (χ2v) is 8.53. The van der Waals surface area contributed by atoms with Gasteiger partial charge in [-0.2, -0.15) is 0 Å². The maximum atomic E-state index is 14.5. The number of alkyl halides is 2. The third kappa shape index (κ3) is 4.39. The van der Waals surface area contributed by atoms with Crippen LogP contribution >= 0.6 is 11.9 Å². The lowest BCUT2D eigenvalue weighted by Gasteiger charge is -2.30. The molecule has 1 fully saturated rings. The molecule has 0 aromatic heterocycles. The summed E-state index contributed by atoms with van der Waals surface area (Å²) in [5.74, 6) is -4.50. The number of likely N-dealkylation sites (tertiary alicyclic amines) is 1. The molecule has 1 atom stereocenters. The predicted molar refractivity (Wildman–Crippen MR) is 114 cm³/mol. The van der Waals surface area contributed by atoms with Gasteiger partial charge in [0.2, 0.25) is 0 Å². The lowest BCUT2D eigenvalue weighted by Crippen LogP contribution is -2.47. The minimum Gasteiger partial charge on any atom is -0.318 e. The van der Waals surface area contributed by atoms with Gasteiger partial charge in [0.25, 0.3) is 5.92 Å². The highest BCUT2D eigenvalue weighted by molar-refractivity contribution is 7.96.